The topological polar surface area (TPSA) is 40.5 Å². The van der Waals surface area contributed by atoms with Crippen molar-refractivity contribution in [3.63, 3.8) is 0 Å². The van der Waals surface area contributed by atoms with E-state index in [0.29, 0.717) is 5.92 Å². The monoisotopic (exact) mass is 289 g/mol. The summed E-state index contributed by atoms with van der Waals surface area (Å²) in [6.07, 6.45) is 1.51. The van der Waals surface area contributed by atoms with E-state index in [4.69, 9.17) is 0 Å². The Labute approximate surface area is 128 Å². The van der Waals surface area contributed by atoms with Crippen LogP contribution in [0.25, 0.3) is 0 Å². The van der Waals surface area contributed by atoms with E-state index in [-0.39, 0.29) is 17.4 Å². The maximum absolute atomic E-state index is 12.8. The molecule has 0 radical (unpaired) electrons. The van der Waals surface area contributed by atoms with Crippen molar-refractivity contribution in [2.24, 2.45) is 5.92 Å². The number of carbonyl (C=O) groups is 1. The fourth-order valence-electron chi connectivity index (χ4n) is 3.08. The molecule has 1 N–H and O–H groups in total. The van der Waals surface area contributed by atoms with Gasteiger partial charge < -0.3 is 10.0 Å². The number of nitrogens with zero attached hydrogens (tertiary/aromatic N) is 1. The van der Waals surface area contributed by atoms with E-state index in [9.17, 15) is 9.90 Å². The van der Waals surface area contributed by atoms with Crippen LogP contribution < -0.4 is 0 Å². The summed E-state index contributed by atoms with van der Waals surface area (Å²) in [5.74, 6) is 0.455. The number of aliphatic hydroxyl groups is 1. The summed E-state index contributed by atoms with van der Waals surface area (Å²) in [5, 5.41) is 9.67. The van der Waals surface area contributed by atoms with Gasteiger partial charge in [-0.3, -0.25) is 4.79 Å². The van der Waals surface area contributed by atoms with Crippen molar-refractivity contribution in [1.29, 1.82) is 0 Å². The van der Waals surface area contributed by atoms with Crippen LogP contribution in [0, 0.1) is 5.92 Å². The van der Waals surface area contributed by atoms with Gasteiger partial charge in [0.1, 0.15) is 0 Å². The number of carbonyl (C=O) groups excluding carboxylic acids is 1. The SMILES string of the molecule is CC(O)C1CCN(C(=O)c2ccccc2C(C)(C)C)CC1. The average molecular weight is 289 g/mol. The van der Waals surface area contributed by atoms with Gasteiger partial charge in [-0.25, -0.2) is 0 Å². The van der Waals surface area contributed by atoms with Gasteiger partial charge in [0, 0.05) is 18.7 Å². The zero-order chi connectivity index (χ0) is 15.6. The molecule has 1 saturated heterocycles. The van der Waals surface area contributed by atoms with Crippen molar-refractivity contribution in [1.82, 2.24) is 4.90 Å². The van der Waals surface area contributed by atoms with Gasteiger partial charge in [-0.2, -0.15) is 0 Å². The zero-order valence-corrected chi connectivity index (χ0v) is 13.6. The highest BCUT2D eigenvalue weighted by Crippen LogP contribution is 2.28. The number of aliphatic hydroxyl groups excluding tert-OH is 1. The van der Waals surface area contributed by atoms with E-state index >= 15 is 0 Å². The molecule has 0 bridgehead atoms. The Hall–Kier alpha value is -1.35. The average Bonchev–Trinajstić information content (AvgIpc) is 2.45. The largest absolute Gasteiger partial charge is 0.393 e. The van der Waals surface area contributed by atoms with Crippen molar-refractivity contribution in [2.45, 2.75) is 52.1 Å². The summed E-state index contributed by atoms with van der Waals surface area (Å²) >= 11 is 0. The molecule has 3 nitrogen and oxygen atoms in total. The van der Waals surface area contributed by atoms with Crippen molar-refractivity contribution in [3.8, 4) is 0 Å². The van der Waals surface area contributed by atoms with Crippen molar-refractivity contribution in [3.05, 3.63) is 35.4 Å². The zero-order valence-electron chi connectivity index (χ0n) is 13.6. The molecule has 0 spiro atoms. The second kappa shape index (κ2) is 6.18. The molecule has 0 aromatic heterocycles. The predicted molar refractivity (Wildman–Crippen MR) is 85.5 cm³/mol. The molecule has 1 amide bonds. The smallest absolute Gasteiger partial charge is 0.254 e. The summed E-state index contributed by atoms with van der Waals surface area (Å²) in [6.45, 7) is 9.74. The third-order valence-electron chi connectivity index (χ3n) is 4.47. The Kier molecular flexibility index (Phi) is 4.72. The number of likely N-dealkylation sites (tertiary alicyclic amines) is 1. The molecule has 1 unspecified atom stereocenters. The van der Waals surface area contributed by atoms with Gasteiger partial charge in [0.2, 0.25) is 0 Å². The lowest BCUT2D eigenvalue weighted by atomic mass is 9.83. The van der Waals surface area contributed by atoms with Gasteiger partial charge in [-0.15, -0.1) is 0 Å². The van der Waals surface area contributed by atoms with E-state index in [1.54, 1.807) is 0 Å². The number of benzene rings is 1. The van der Waals surface area contributed by atoms with Crippen LogP contribution in [0.3, 0.4) is 0 Å². The van der Waals surface area contributed by atoms with Crippen LogP contribution in [0.2, 0.25) is 0 Å². The third kappa shape index (κ3) is 3.65. The first-order valence-corrected chi connectivity index (χ1v) is 7.87. The molecule has 1 aliphatic heterocycles. The second-order valence-electron chi connectivity index (χ2n) is 7.17. The minimum absolute atomic E-state index is 0.0375. The van der Waals surface area contributed by atoms with E-state index in [1.807, 2.05) is 30.0 Å². The molecule has 1 heterocycles. The van der Waals surface area contributed by atoms with Crippen LogP contribution in [0.5, 0.6) is 0 Å². The molecule has 1 fully saturated rings. The minimum Gasteiger partial charge on any atom is -0.393 e. The van der Waals surface area contributed by atoms with Crippen LogP contribution in [-0.2, 0) is 5.41 Å². The standard InChI is InChI=1S/C18H27NO2/c1-13(20)14-9-11-19(12-10-14)17(21)15-7-5-6-8-16(15)18(2,3)4/h5-8,13-14,20H,9-12H2,1-4H3. The first kappa shape index (κ1) is 16.0. The molecule has 1 atom stereocenters. The van der Waals surface area contributed by atoms with E-state index in [1.165, 1.54) is 0 Å². The minimum atomic E-state index is -0.274. The van der Waals surface area contributed by atoms with Crippen molar-refractivity contribution < 1.29 is 9.90 Å². The van der Waals surface area contributed by atoms with Gasteiger partial charge >= 0.3 is 0 Å². The second-order valence-corrected chi connectivity index (χ2v) is 7.17. The number of rotatable bonds is 2. The molecule has 1 aromatic rings. The fraction of sp³-hybridized carbons (Fsp3) is 0.611. The Bertz CT molecular complexity index is 494. The Morgan fingerprint density at radius 2 is 1.81 bits per heavy atom. The normalized spacial score (nSPS) is 18.6. The van der Waals surface area contributed by atoms with Gasteiger partial charge in [0.25, 0.3) is 5.91 Å². The molecular formula is C18H27NO2. The van der Waals surface area contributed by atoms with Gasteiger partial charge in [0.15, 0.2) is 0 Å². The molecule has 3 heteroatoms. The van der Waals surface area contributed by atoms with Gasteiger partial charge in [-0.05, 0) is 42.7 Å². The first-order chi connectivity index (χ1) is 9.80. The molecule has 21 heavy (non-hydrogen) atoms. The highest BCUT2D eigenvalue weighted by molar-refractivity contribution is 5.96. The lowest BCUT2D eigenvalue weighted by Crippen LogP contribution is -2.41. The molecule has 1 aromatic carbocycles. The van der Waals surface area contributed by atoms with Gasteiger partial charge in [-0.1, -0.05) is 39.0 Å². The molecule has 0 saturated carbocycles. The maximum Gasteiger partial charge on any atom is 0.254 e. The van der Waals surface area contributed by atoms with Gasteiger partial charge in [0.05, 0.1) is 6.10 Å². The number of amides is 1. The summed E-state index contributed by atoms with van der Waals surface area (Å²) in [4.78, 5) is 14.7. The third-order valence-corrected chi connectivity index (χ3v) is 4.47. The summed E-state index contributed by atoms with van der Waals surface area (Å²) < 4.78 is 0. The Morgan fingerprint density at radius 3 is 2.33 bits per heavy atom. The summed E-state index contributed by atoms with van der Waals surface area (Å²) in [6, 6.07) is 7.92. The van der Waals surface area contributed by atoms with Crippen LogP contribution in [-0.4, -0.2) is 35.1 Å². The van der Waals surface area contributed by atoms with Crippen molar-refractivity contribution >= 4 is 5.91 Å². The number of piperidine rings is 1. The Morgan fingerprint density at radius 1 is 1.24 bits per heavy atom. The molecule has 0 aliphatic carbocycles. The maximum atomic E-state index is 12.8. The fourth-order valence-corrected chi connectivity index (χ4v) is 3.08. The van der Waals surface area contributed by atoms with Crippen LogP contribution >= 0.6 is 0 Å². The van der Waals surface area contributed by atoms with Crippen molar-refractivity contribution in [2.75, 3.05) is 13.1 Å². The Balaban J connectivity index is 2.15. The first-order valence-electron chi connectivity index (χ1n) is 7.87. The van der Waals surface area contributed by atoms with Crippen LogP contribution in [0.4, 0.5) is 0 Å². The van der Waals surface area contributed by atoms with E-state index in [0.717, 1.165) is 37.1 Å². The predicted octanol–water partition coefficient (Wildman–Crippen LogP) is 3.22. The molecule has 116 valence electrons. The highest BCUT2D eigenvalue weighted by Gasteiger charge is 2.28. The summed E-state index contributed by atoms with van der Waals surface area (Å²) in [7, 11) is 0. The van der Waals surface area contributed by atoms with Crippen LogP contribution in [0.1, 0.15) is 56.5 Å². The van der Waals surface area contributed by atoms with E-state index in [2.05, 4.69) is 26.8 Å². The molecule has 2 rings (SSSR count). The lowest BCUT2D eigenvalue weighted by molar-refractivity contribution is 0.0519. The van der Waals surface area contributed by atoms with Crippen LogP contribution in [0.15, 0.2) is 24.3 Å². The highest BCUT2D eigenvalue weighted by atomic mass is 16.3. The lowest BCUT2D eigenvalue weighted by Gasteiger charge is -2.34. The summed E-state index contributed by atoms with van der Waals surface area (Å²) in [5.41, 5.74) is 1.89. The number of hydrogen-bond donors (Lipinski definition) is 1. The molecular weight excluding hydrogens is 262 g/mol. The quantitative estimate of drug-likeness (QED) is 0.908. The molecule has 1 aliphatic rings. The number of hydrogen-bond acceptors (Lipinski definition) is 2. The van der Waals surface area contributed by atoms with E-state index < -0.39 is 0 Å².